The van der Waals surface area contributed by atoms with E-state index in [1.54, 1.807) is 11.1 Å². The van der Waals surface area contributed by atoms with Crippen molar-refractivity contribution in [2.75, 3.05) is 62.3 Å². The second-order valence-corrected chi connectivity index (χ2v) is 7.17. The van der Waals surface area contributed by atoms with Gasteiger partial charge in [-0.3, -0.25) is 4.79 Å². The van der Waals surface area contributed by atoms with Crippen LogP contribution in [0.5, 0.6) is 0 Å². The number of halogens is 3. The highest BCUT2D eigenvalue weighted by molar-refractivity contribution is 5.94. The summed E-state index contributed by atoms with van der Waals surface area (Å²) in [6.07, 6.45) is -2.68. The third kappa shape index (κ3) is 4.48. The molecule has 7 nitrogen and oxygen atoms in total. The lowest BCUT2D eigenvalue weighted by molar-refractivity contribution is -0.137. The lowest BCUT2D eigenvalue weighted by atomic mass is 10.1. The van der Waals surface area contributed by atoms with Gasteiger partial charge in [-0.25, -0.2) is 4.98 Å². The summed E-state index contributed by atoms with van der Waals surface area (Å²) in [7, 11) is 0. The summed E-state index contributed by atoms with van der Waals surface area (Å²) in [6.45, 7) is 4.92. The van der Waals surface area contributed by atoms with E-state index in [1.165, 1.54) is 12.1 Å². The number of ether oxygens (including phenoxy) is 1. The van der Waals surface area contributed by atoms with Gasteiger partial charge in [-0.2, -0.15) is 18.2 Å². The van der Waals surface area contributed by atoms with Crippen LogP contribution in [-0.4, -0.2) is 73.3 Å². The Labute approximate surface area is 172 Å². The van der Waals surface area contributed by atoms with Crippen LogP contribution in [0.3, 0.4) is 0 Å². The fraction of sp³-hybridized carbons (Fsp3) is 0.450. The smallest absolute Gasteiger partial charge is 0.378 e. The van der Waals surface area contributed by atoms with Crippen molar-refractivity contribution in [2.24, 2.45) is 0 Å². The second-order valence-electron chi connectivity index (χ2n) is 7.17. The van der Waals surface area contributed by atoms with Gasteiger partial charge in [-0.15, -0.1) is 0 Å². The molecule has 0 unspecified atom stereocenters. The molecule has 1 aromatic carbocycles. The summed E-state index contributed by atoms with van der Waals surface area (Å²) in [6, 6.07) is 6.19. The highest BCUT2D eigenvalue weighted by Gasteiger charge is 2.31. The van der Waals surface area contributed by atoms with Crippen LogP contribution in [0.4, 0.5) is 24.9 Å². The zero-order chi connectivity index (χ0) is 21.1. The molecular formula is C20H22F3N5O2. The minimum atomic E-state index is -4.41. The molecule has 0 saturated carbocycles. The number of amides is 1. The summed E-state index contributed by atoms with van der Waals surface area (Å²) >= 11 is 0. The average Bonchev–Trinajstić information content (AvgIpc) is 2.79. The number of aromatic nitrogens is 2. The highest BCUT2D eigenvalue weighted by atomic mass is 19.4. The van der Waals surface area contributed by atoms with Crippen LogP contribution in [-0.2, 0) is 10.9 Å². The minimum absolute atomic E-state index is 0.257. The van der Waals surface area contributed by atoms with Crippen LogP contribution in [0, 0.1) is 0 Å². The van der Waals surface area contributed by atoms with Gasteiger partial charge in [0.1, 0.15) is 5.82 Å². The molecule has 2 aromatic rings. The van der Waals surface area contributed by atoms with Crippen LogP contribution in [0.25, 0.3) is 0 Å². The largest absolute Gasteiger partial charge is 0.416 e. The minimum Gasteiger partial charge on any atom is -0.378 e. The molecule has 0 spiro atoms. The molecule has 0 aliphatic carbocycles. The molecule has 1 aromatic heterocycles. The SMILES string of the molecule is O=C(c1ccc(C(F)(F)F)cc1)N1CCN(c2ccnc(N3CCOCC3)n2)CC1. The fourth-order valence-corrected chi connectivity index (χ4v) is 3.55. The number of rotatable bonds is 3. The maximum Gasteiger partial charge on any atom is 0.416 e. The number of hydrogen-bond donors (Lipinski definition) is 0. The highest BCUT2D eigenvalue weighted by Crippen LogP contribution is 2.29. The van der Waals surface area contributed by atoms with Crippen LogP contribution >= 0.6 is 0 Å². The number of alkyl halides is 3. The van der Waals surface area contributed by atoms with Gasteiger partial charge in [-0.1, -0.05) is 0 Å². The molecule has 10 heteroatoms. The number of nitrogens with zero attached hydrogens (tertiary/aromatic N) is 5. The van der Waals surface area contributed by atoms with Gasteiger partial charge < -0.3 is 19.4 Å². The van der Waals surface area contributed by atoms with Crippen LogP contribution in [0.1, 0.15) is 15.9 Å². The second kappa shape index (κ2) is 8.47. The van der Waals surface area contributed by atoms with Crippen molar-refractivity contribution in [3.8, 4) is 0 Å². The van der Waals surface area contributed by atoms with Gasteiger partial charge in [-0.05, 0) is 30.3 Å². The first kappa shape index (κ1) is 20.4. The van der Waals surface area contributed by atoms with E-state index < -0.39 is 11.7 Å². The maximum atomic E-state index is 12.7. The molecule has 4 rings (SSSR count). The van der Waals surface area contributed by atoms with E-state index in [4.69, 9.17) is 4.74 Å². The number of benzene rings is 1. The summed E-state index contributed by atoms with van der Waals surface area (Å²) in [5.41, 5.74) is -0.503. The molecule has 0 N–H and O–H groups in total. The van der Waals surface area contributed by atoms with Gasteiger partial charge in [0.15, 0.2) is 0 Å². The molecule has 1 amide bonds. The summed E-state index contributed by atoms with van der Waals surface area (Å²) in [5, 5.41) is 0. The van der Waals surface area contributed by atoms with Crippen molar-refractivity contribution >= 4 is 17.7 Å². The van der Waals surface area contributed by atoms with Crippen molar-refractivity contribution in [2.45, 2.75) is 6.18 Å². The zero-order valence-electron chi connectivity index (χ0n) is 16.3. The Hall–Kier alpha value is -2.88. The molecule has 160 valence electrons. The monoisotopic (exact) mass is 421 g/mol. The normalized spacial score (nSPS) is 17.9. The van der Waals surface area contributed by atoms with Gasteiger partial charge in [0.05, 0.1) is 18.8 Å². The molecule has 2 aliphatic rings. The van der Waals surface area contributed by atoms with E-state index in [1.807, 2.05) is 6.07 Å². The van der Waals surface area contributed by atoms with Crippen molar-refractivity contribution in [1.82, 2.24) is 14.9 Å². The quantitative estimate of drug-likeness (QED) is 0.758. The van der Waals surface area contributed by atoms with Gasteiger partial charge in [0.25, 0.3) is 5.91 Å². The zero-order valence-corrected chi connectivity index (χ0v) is 16.3. The van der Waals surface area contributed by atoms with E-state index in [0.717, 1.165) is 31.0 Å². The van der Waals surface area contributed by atoms with Crippen molar-refractivity contribution < 1.29 is 22.7 Å². The number of carbonyl (C=O) groups excluding carboxylic acids is 1. The molecule has 0 radical (unpaired) electrons. The van der Waals surface area contributed by atoms with Gasteiger partial charge >= 0.3 is 6.18 Å². The number of morpholine rings is 1. The first-order valence-corrected chi connectivity index (χ1v) is 9.79. The molecule has 2 fully saturated rings. The van der Waals surface area contributed by atoms with Gasteiger partial charge in [0, 0.05) is 51.0 Å². The summed E-state index contributed by atoms with van der Waals surface area (Å²) in [4.78, 5) is 27.5. The van der Waals surface area contributed by atoms with Crippen molar-refractivity contribution in [3.63, 3.8) is 0 Å². The number of anilines is 2. The standard InChI is InChI=1S/C20H22F3N5O2/c21-20(22,23)16-3-1-15(2-4-16)18(29)27-9-7-26(8-10-27)17-5-6-24-19(25-17)28-11-13-30-14-12-28/h1-6H,7-14H2. The number of piperazine rings is 1. The number of hydrogen-bond acceptors (Lipinski definition) is 6. The van der Waals surface area contributed by atoms with E-state index >= 15 is 0 Å². The summed E-state index contributed by atoms with van der Waals surface area (Å²) < 4.78 is 43.5. The Balaban J connectivity index is 1.37. The summed E-state index contributed by atoms with van der Waals surface area (Å²) in [5.74, 6) is 1.20. The Morgan fingerprint density at radius 1 is 0.900 bits per heavy atom. The van der Waals surface area contributed by atoms with Crippen LogP contribution in [0.15, 0.2) is 36.5 Å². The molecule has 30 heavy (non-hydrogen) atoms. The van der Waals surface area contributed by atoms with Gasteiger partial charge in [0.2, 0.25) is 5.95 Å². The lowest BCUT2D eigenvalue weighted by Gasteiger charge is -2.36. The molecule has 3 heterocycles. The Kier molecular flexibility index (Phi) is 5.76. The Morgan fingerprint density at radius 3 is 2.20 bits per heavy atom. The topological polar surface area (TPSA) is 61.8 Å². The lowest BCUT2D eigenvalue weighted by Crippen LogP contribution is -2.49. The van der Waals surface area contributed by atoms with Crippen LogP contribution < -0.4 is 9.80 Å². The maximum absolute atomic E-state index is 12.7. The first-order chi connectivity index (χ1) is 14.4. The first-order valence-electron chi connectivity index (χ1n) is 9.79. The average molecular weight is 421 g/mol. The predicted octanol–water partition coefficient (Wildman–Crippen LogP) is 2.29. The molecule has 2 aliphatic heterocycles. The Bertz CT molecular complexity index is 877. The molecule has 0 bridgehead atoms. The van der Waals surface area contributed by atoms with Crippen molar-refractivity contribution in [3.05, 3.63) is 47.7 Å². The predicted molar refractivity (Wildman–Crippen MR) is 105 cm³/mol. The third-order valence-electron chi connectivity index (χ3n) is 5.27. The fourth-order valence-electron chi connectivity index (χ4n) is 3.55. The van der Waals surface area contributed by atoms with E-state index in [0.29, 0.717) is 45.3 Å². The number of carbonyl (C=O) groups is 1. The third-order valence-corrected chi connectivity index (χ3v) is 5.27. The molecule has 0 atom stereocenters. The van der Waals surface area contributed by atoms with E-state index in [9.17, 15) is 18.0 Å². The molecular weight excluding hydrogens is 399 g/mol. The van der Waals surface area contributed by atoms with E-state index in [-0.39, 0.29) is 11.5 Å². The van der Waals surface area contributed by atoms with Crippen LogP contribution in [0.2, 0.25) is 0 Å². The molecule has 2 saturated heterocycles. The van der Waals surface area contributed by atoms with E-state index in [2.05, 4.69) is 19.8 Å². The van der Waals surface area contributed by atoms with Crippen molar-refractivity contribution in [1.29, 1.82) is 0 Å². The Morgan fingerprint density at radius 2 is 1.57 bits per heavy atom.